The highest BCUT2D eigenvalue weighted by atomic mass is 79.9. The van der Waals surface area contributed by atoms with Crippen LogP contribution in [0.15, 0.2) is 33.6 Å². The van der Waals surface area contributed by atoms with Gasteiger partial charge in [0.15, 0.2) is 6.61 Å². The van der Waals surface area contributed by atoms with E-state index in [0.717, 1.165) is 25.7 Å². The summed E-state index contributed by atoms with van der Waals surface area (Å²) >= 11 is 3.21. The van der Waals surface area contributed by atoms with Gasteiger partial charge in [-0.3, -0.25) is 9.59 Å². The molecule has 1 aromatic rings. The predicted octanol–water partition coefficient (Wildman–Crippen LogP) is 0.936. The smallest absolute Gasteiger partial charge is 0.327 e. The van der Waals surface area contributed by atoms with Gasteiger partial charge in [-0.25, -0.2) is 8.42 Å². The van der Waals surface area contributed by atoms with Crippen molar-refractivity contribution in [1.82, 2.24) is 10.0 Å². The highest BCUT2D eigenvalue weighted by Gasteiger charge is 2.42. The van der Waals surface area contributed by atoms with Crippen molar-refractivity contribution in [1.29, 1.82) is 0 Å². The minimum absolute atomic E-state index is 0.0589. The highest BCUT2D eigenvalue weighted by Crippen LogP contribution is 2.44. The second-order valence-electron chi connectivity index (χ2n) is 7.19. The molecule has 0 radical (unpaired) electrons. The van der Waals surface area contributed by atoms with Gasteiger partial charge in [0.25, 0.3) is 5.91 Å². The van der Waals surface area contributed by atoms with Crippen LogP contribution in [0, 0.1) is 11.8 Å². The summed E-state index contributed by atoms with van der Waals surface area (Å²) in [7, 11) is -4.03. The molecule has 0 saturated heterocycles. The predicted molar refractivity (Wildman–Crippen MR) is 104 cm³/mol. The van der Waals surface area contributed by atoms with E-state index in [1.165, 1.54) is 12.1 Å². The van der Waals surface area contributed by atoms with Crippen LogP contribution < -0.4 is 10.0 Å². The lowest BCUT2D eigenvalue weighted by Crippen LogP contribution is -2.46. The van der Waals surface area contributed by atoms with Crippen LogP contribution in [0.2, 0.25) is 0 Å². The lowest BCUT2D eigenvalue weighted by Gasteiger charge is -2.19. The van der Waals surface area contributed by atoms with Gasteiger partial charge in [0, 0.05) is 10.5 Å². The first-order valence-corrected chi connectivity index (χ1v) is 11.4. The molecular weight excluding hydrogens is 452 g/mol. The van der Waals surface area contributed by atoms with Crippen LogP contribution in [0.3, 0.4) is 0 Å². The molecule has 3 rings (SSSR count). The number of halogens is 1. The van der Waals surface area contributed by atoms with Crippen LogP contribution in [0.5, 0.6) is 0 Å². The average molecular weight is 475 g/mol. The maximum atomic E-state index is 12.3. The Balaban J connectivity index is 1.51. The molecule has 8 nitrogen and oxygen atoms in total. The number of carbonyl (C=O) groups is 2. The van der Waals surface area contributed by atoms with Gasteiger partial charge in [-0.1, -0.05) is 15.9 Å². The molecule has 1 amide bonds. The summed E-state index contributed by atoms with van der Waals surface area (Å²) in [6.45, 7) is -1.30. The molecule has 1 aromatic carbocycles. The molecule has 2 saturated carbocycles. The molecule has 2 fully saturated rings. The van der Waals surface area contributed by atoms with Crippen molar-refractivity contribution in [3.63, 3.8) is 0 Å². The van der Waals surface area contributed by atoms with E-state index >= 15 is 0 Å². The Morgan fingerprint density at radius 1 is 1.14 bits per heavy atom. The fourth-order valence-electron chi connectivity index (χ4n) is 3.03. The van der Waals surface area contributed by atoms with Crippen molar-refractivity contribution in [3.8, 4) is 0 Å². The summed E-state index contributed by atoms with van der Waals surface area (Å²) in [5.74, 6) is -0.401. The number of hydrogen-bond donors (Lipinski definition) is 3. The quantitative estimate of drug-likeness (QED) is 0.433. The Kier molecular flexibility index (Phi) is 6.74. The standard InChI is InChI=1S/C18H23BrN2O6S/c19-13-5-7-14(8-6-13)28(25,26)21-15(9-22)18(24)27-10-16(23)20-17(11-1-2-11)12-3-4-12/h5-8,11-12,15,17,21-22H,1-4,9-10H2,(H,20,23). The first-order valence-electron chi connectivity index (χ1n) is 9.15. The van der Waals surface area contributed by atoms with Gasteiger partial charge in [-0.05, 0) is 61.8 Å². The van der Waals surface area contributed by atoms with Gasteiger partial charge >= 0.3 is 5.97 Å². The van der Waals surface area contributed by atoms with Crippen LogP contribution in [-0.2, 0) is 24.3 Å². The number of rotatable bonds is 10. The van der Waals surface area contributed by atoms with Gasteiger partial charge in [0.05, 0.1) is 11.5 Å². The van der Waals surface area contributed by atoms with E-state index < -0.39 is 41.2 Å². The van der Waals surface area contributed by atoms with Gasteiger partial charge in [0.2, 0.25) is 10.0 Å². The third-order valence-corrected chi connectivity index (χ3v) is 6.84. The molecule has 10 heteroatoms. The average Bonchev–Trinajstić information content (AvgIpc) is 3.56. The molecule has 0 heterocycles. The number of hydrogen-bond acceptors (Lipinski definition) is 6. The minimum Gasteiger partial charge on any atom is -0.454 e. The Labute approximate surface area is 172 Å². The number of amides is 1. The van der Waals surface area contributed by atoms with Gasteiger partial charge in [0.1, 0.15) is 6.04 Å². The molecule has 1 unspecified atom stereocenters. The van der Waals surface area contributed by atoms with Crippen molar-refractivity contribution in [2.45, 2.75) is 42.7 Å². The van der Waals surface area contributed by atoms with Crippen LogP contribution in [0.25, 0.3) is 0 Å². The van der Waals surface area contributed by atoms with Crippen molar-refractivity contribution < 1.29 is 27.9 Å². The summed E-state index contributed by atoms with van der Waals surface area (Å²) in [5, 5.41) is 12.3. The molecule has 1 atom stereocenters. The topological polar surface area (TPSA) is 122 Å². The third-order valence-electron chi connectivity index (χ3n) is 4.82. The monoisotopic (exact) mass is 474 g/mol. The molecule has 154 valence electrons. The van der Waals surface area contributed by atoms with E-state index in [1.54, 1.807) is 12.1 Å². The molecule has 0 spiro atoms. The minimum atomic E-state index is -4.03. The second kappa shape index (κ2) is 8.89. The summed E-state index contributed by atoms with van der Waals surface area (Å²) in [6.07, 6.45) is 4.41. The normalized spacial score (nSPS) is 18.0. The first-order chi connectivity index (χ1) is 13.3. The molecule has 0 aliphatic heterocycles. The van der Waals surface area contributed by atoms with Gasteiger partial charge in [-0.2, -0.15) is 4.72 Å². The third kappa shape index (κ3) is 5.76. The number of esters is 1. The zero-order valence-corrected chi connectivity index (χ0v) is 17.5. The largest absolute Gasteiger partial charge is 0.454 e. The van der Waals surface area contributed by atoms with Crippen LogP contribution in [0.1, 0.15) is 25.7 Å². The van der Waals surface area contributed by atoms with E-state index in [1.807, 2.05) is 0 Å². The SMILES string of the molecule is O=C(COC(=O)C(CO)NS(=O)(=O)c1ccc(Br)cc1)NC(C1CC1)C1CC1. The lowest BCUT2D eigenvalue weighted by molar-refractivity contribution is -0.151. The van der Waals surface area contributed by atoms with E-state index in [2.05, 4.69) is 26.0 Å². The van der Waals surface area contributed by atoms with E-state index in [9.17, 15) is 23.1 Å². The first kappa shape index (κ1) is 21.2. The summed E-state index contributed by atoms with van der Waals surface area (Å²) in [4.78, 5) is 24.1. The van der Waals surface area contributed by atoms with Crippen LogP contribution in [0.4, 0.5) is 0 Å². The fourth-order valence-corrected chi connectivity index (χ4v) is 4.47. The summed E-state index contributed by atoms with van der Waals surface area (Å²) in [6, 6.07) is 4.44. The van der Waals surface area contributed by atoms with Gasteiger partial charge in [-0.15, -0.1) is 0 Å². The van der Waals surface area contributed by atoms with E-state index in [-0.39, 0.29) is 10.9 Å². The number of ether oxygens (including phenoxy) is 1. The molecular formula is C18H23BrN2O6S. The second-order valence-corrected chi connectivity index (χ2v) is 9.82. The number of sulfonamides is 1. The summed E-state index contributed by atoms with van der Waals surface area (Å²) in [5.41, 5.74) is 0. The summed E-state index contributed by atoms with van der Waals surface area (Å²) < 4.78 is 32.4. The van der Waals surface area contributed by atoms with Crippen LogP contribution >= 0.6 is 15.9 Å². The maximum absolute atomic E-state index is 12.3. The van der Waals surface area contributed by atoms with Crippen molar-refractivity contribution in [3.05, 3.63) is 28.7 Å². The number of aliphatic hydroxyl groups excluding tert-OH is 1. The molecule has 28 heavy (non-hydrogen) atoms. The van der Waals surface area contributed by atoms with Crippen molar-refractivity contribution in [2.75, 3.05) is 13.2 Å². The molecule has 0 bridgehead atoms. The number of carbonyl (C=O) groups excluding carboxylic acids is 2. The van der Waals surface area contributed by atoms with Gasteiger partial charge < -0.3 is 15.2 Å². The number of benzene rings is 1. The Hall–Kier alpha value is -1.49. The van der Waals surface area contributed by atoms with E-state index in [0.29, 0.717) is 16.3 Å². The lowest BCUT2D eigenvalue weighted by atomic mass is 10.1. The Morgan fingerprint density at radius 2 is 1.71 bits per heavy atom. The molecule has 2 aliphatic carbocycles. The zero-order valence-electron chi connectivity index (χ0n) is 15.1. The highest BCUT2D eigenvalue weighted by molar-refractivity contribution is 9.10. The maximum Gasteiger partial charge on any atom is 0.327 e. The fraction of sp³-hybridized carbons (Fsp3) is 0.556. The van der Waals surface area contributed by atoms with Crippen molar-refractivity contribution >= 4 is 37.8 Å². The van der Waals surface area contributed by atoms with E-state index in [4.69, 9.17) is 4.74 Å². The molecule has 3 N–H and O–H groups in total. The van der Waals surface area contributed by atoms with Crippen molar-refractivity contribution in [2.24, 2.45) is 11.8 Å². The zero-order chi connectivity index (χ0) is 20.3. The molecule has 2 aliphatic rings. The Morgan fingerprint density at radius 3 is 2.21 bits per heavy atom. The molecule has 0 aromatic heterocycles. The van der Waals surface area contributed by atoms with Crippen LogP contribution in [-0.4, -0.2) is 50.7 Å². The Bertz CT molecular complexity index is 809. The number of nitrogens with one attached hydrogen (secondary N) is 2. The number of aliphatic hydroxyl groups is 1.